The van der Waals surface area contributed by atoms with E-state index in [9.17, 15) is 0 Å². The number of likely N-dealkylation sites (N-methyl/N-ethyl adjacent to an activating group) is 1. The molecule has 0 fully saturated rings. The topological polar surface area (TPSA) is 54.2 Å². The first-order valence-corrected chi connectivity index (χ1v) is 5.20. The van der Waals surface area contributed by atoms with Crippen LogP contribution < -0.4 is 11.1 Å². The summed E-state index contributed by atoms with van der Waals surface area (Å²) in [5, 5.41) is 3.74. The standard InChI is InChI=1S/C10H17ClN4/c1-7(15(2)3)5-13-10-9(11)4-8(12)6-14-10/h4,6-7H,5,12H2,1-3H3,(H,13,14). The van der Waals surface area contributed by atoms with E-state index in [0.717, 1.165) is 6.54 Å². The van der Waals surface area contributed by atoms with Gasteiger partial charge in [0, 0.05) is 12.6 Å². The minimum Gasteiger partial charge on any atom is -0.397 e. The van der Waals surface area contributed by atoms with Crippen molar-refractivity contribution in [3.05, 3.63) is 17.3 Å². The number of nitrogens with two attached hydrogens (primary N) is 1. The number of nitrogens with one attached hydrogen (secondary N) is 1. The number of nitrogens with zero attached hydrogens (tertiary/aromatic N) is 2. The van der Waals surface area contributed by atoms with Crippen molar-refractivity contribution >= 4 is 23.1 Å². The van der Waals surface area contributed by atoms with Gasteiger partial charge >= 0.3 is 0 Å². The van der Waals surface area contributed by atoms with Gasteiger partial charge in [-0.05, 0) is 27.1 Å². The molecule has 5 heteroatoms. The maximum Gasteiger partial charge on any atom is 0.144 e. The highest BCUT2D eigenvalue weighted by Gasteiger charge is 2.06. The summed E-state index contributed by atoms with van der Waals surface area (Å²) < 4.78 is 0. The van der Waals surface area contributed by atoms with Crippen LogP contribution in [0.15, 0.2) is 12.3 Å². The number of pyridine rings is 1. The lowest BCUT2D eigenvalue weighted by Gasteiger charge is -2.20. The molecule has 0 spiro atoms. The molecular formula is C10H17ClN4. The highest BCUT2D eigenvalue weighted by molar-refractivity contribution is 6.33. The van der Waals surface area contributed by atoms with Crippen LogP contribution in [0.1, 0.15) is 6.92 Å². The second kappa shape index (κ2) is 5.19. The summed E-state index contributed by atoms with van der Waals surface area (Å²) in [6, 6.07) is 2.11. The van der Waals surface area contributed by atoms with Crippen LogP contribution in [0.4, 0.5) is 11.5 Å². The van der Waals surface area contributed by atoms with Gasteiger partial charge in [-0.15, -0.1) is 0 Å². The Labute approximate surface area is 95.4 Å². The fourth-order valence-electron chi connectivity index (χ4n) is 1.01. The molecule has 15 heavy (non-hydrogen) atoms. The molecule has 0 aliphatic carbocycles. The van der Waals surface area contributed by atoms with Crippen LogP contribution in [0.5, 0.6) is 0 Å². The Morgan fingerprint density at radius 2 is 2.27 bits per heavy atom. The van der Waals surface area contributed by atoms with Crippen LogP contribution in [0.25, 0.3) is 0 Å². The number of hydrogen-bond acceptors (Lipinski definition) is 4. The van der Waals surface area contributed by atoms with Gasteiger partial charge in [0.2, 0.25) is 0 Å². The number of aromatic nitrogens is 1. The van der Waals surface area contributed by atoms with E-state index in [-0.39, 0.29) is 0 Å². The average molecular weight is 229 g/mol. The summed E-state index contributed by atoms with van der Waals surface area (Å²) in [6.45, 7) is 2.92. The zero-order valence-corrected chi connectivity index (χ0v) is 10.0. The van der Waals surface area contributed by atoms with Gasteiger partial charge in [-0.2, -0.15) is 0 Å². The summed E-state index contributed by atoms with van der Waals surface area (Å²) in [6.07, 6.45) is 1.59. The van der Waals surface area contributed by atoms with Crippen molar-refractivity contribution in [2.24, 2.45) is 0 Å². The van der Waals surface area contributed by atoms with Gasteiger partial charge in [0.05, 0.1) is 16.9 Å². The van der Waals surface area contributed by atoms with Gasteiger partial charge in [-0.3, -0.25) is 0 Å². The number of rotatable bonds is 4. The normalized spacial score (nSPS) is 12.9. The summed E-state index contributed by atoms with van der Waals surface area (Å²) in [4.78, 5) is 6.25. The molecule has 84 valence electrons. The molecule has 4 nitrogen and oxygen atoms in total. The highest BCUT2D eigenvalue weighted by Crippen LogP contribution is 2.20. The van der Waals surface area contributed by atoms with E-state index in [0.29, 0.717) is 22.6 Å². The monoisotopic (exact) mass is 228 g/mol. The summed E-state index contributed by atoms with van der Waals surface area (Å²) >= 11 is 5.97. The fourth-order valence-corrected chi connectivity index (χ4v) is 1.25. The number of nitrogen functional groups attached to an aromatic ring is 1. The van der Waals surface area contributed by atoms with Gasteiger partial charge in [0.1, 0.15) is 5.82 Å². The van der Waals surface area contributed by atoms with Crippen LogP contribution in [0, 0.1) is 0 Å². The maximum atomic E-state index is 5.97. The molecular weight excluding hydrogens is 212 g/mol. The van der Waals surface area contributed by atoms with Crippen LogP contribution in [0.2, 0.25) is 5.02 Å². The van der Waals surface area contributed by atoms with Crippen molar-refractivity contribution in [3.63, 3.8) is 0 Å². The lowest BCUT2D eigenvalue weighted by molar-refractivity contribution is 0.326. The van der Waals surface area contributed by atoms with Gasteiger partial charge in [0.25, 0.3) is 0 Å². The lowest BCUT2D eigenvalue weighted by atomic mass is 10.3. The van der Waals surface area contributed by atoms with Crippen LogP contribution >= 0.6 is 11.6 Å². The van der Waals surface area contributed by atoms with Gasteiger partial charge in [-0.25, -0.2) is 4.98 Å². The Morgan fingerprint density at radius 1 is 1.60 bits per heavy atom. The summed E-state index contributed by atoms with van der Waals surface area (Å²) in [5.41, 5.74) is 6.12. The van der Waals surface area contributed by atoms with Crippen LogP contribution in [0.3, 0.4) is 0 Å². The largest absolute Gasteiger partial charge is 0.397 e. The Kier molecular flexibility index (Phi) is 4.17. The van der Waals surface area contributed by atoms with Crippen LogP contribution in [-0.4, -0.2) is 36.6 Å². The molecule has 0 bridgehead atoms. The van der Waals surface area contributed by atoms with Gasteiger partial charge in [0.15, 0.2) is 0 Å². The zero-order chi connectivity index (χ0) is 11.4. The fraction of sp³-hybridized carbons (Fsp3) is 0.500. The average Bonchev–Trinajstić information content (AvgIpc) is 2.15. The molecule has 0 aliphatic rings. The van der Waals surface area contributed by atoms with E-state index < -0.39 is 0 Å². The van der Waals surface area contributed by atoms with E-state index in [4.69, 9.17) is 17.3 Å². The third-order valence-electron chi connectivity index (χ3n) is 2.31. The quantitative estimate of drug-likeness (QED) is 0.824. The van der Waals surface area contributed by atoms with Gasteiger partial charge in [-0.1, -0.05) is 11.6 Å². The first-order chi connectivity index (χ1) is 7.00. The number of hydrogen-bond donors (Lipinski definition) is 2. The third kappa shape index (κ3) is 3.57. The second-order valence-electron chi connectivity index (χ2n) is 3.79. The Bertz CT molecular complexity index is 327. The van der Waals surface area contributed by atoms with E-state index >= 15 is 0 Å². The first-order valence-electron chi connectivity index (χ1n) is 4.82. The van der Waals surface area contributed by atoms with Crippen molar-refractivity contribution in [1.82, 2.24) is 9.88 Å². The lowest BCUT2D eigenvalue weighted by Crippen LogP contribution is -2.31. The number of halogens is 1. The van der Waals surface area contributed by atoms with E-state index in [1.165, 1.54) is 0 Å². The zero-order valence-electron chi connectivity index (χ0n) is 9.29. The van der Waals surface area contributed by atoms with Crippen molar-refractivity contribution in [1.29, 1.82) is 0 Å². The van der Waals surface area contributed by atoms with Crippen molar-refractivity contribution < 1.29 is 0 Å². The SMILES string of the molecule is CC(CNc1ncc(N)cc1Cl)N(C)C. The molecule has 0 aromatic carbocycles. The molecule has 1 aromatic rings. The molecule has 0 amide bonds. The molecule has 3 N–H and O–H groups in total. The molecule has 1 aromatic heterocycles. The number of anilines is 2. The molecule has 1 atom stereocenters. The van der Waals surface area contributed by atoms with Crippen LogP contribution in [-0.2, 0) is 0 Å². The molecule has 0 radical (unpaired) electrons. The third-order valence-corrected chi connectivity index (χ3v) is 2.60. The molecule has 0 saturated heterocycles. The highest BCUT2D eigenvalue weighted by atomic mass is 35.5. The summed E-state index contributed by atoms with van der Waals surface area (Å²) in [7, 11) is 4.06. The first kappa shape index (κ1) is 12.1. The van der Waals surface area contributed by atoms with Gasteiger partial charge < -0.3 is 16.0 Å². The second-order valence-corrected chi connectivity index (χ2v) is 4.20. The maximum absolute atomic E-state index is 5.97. The van der Waals surface area contributed by atoms with Crippen molar-refractivity contribution in [2.45, 2.75) is 13.0 Å². The van der Waals surface area contributed by atoms with Crippen molar-refractivity contribution in [3.8, 4) is 0 Å². The molecule has 1 unspecified atom stereocenters. The molecule has 0 aliphatic heterocycles. The van der Waals surface area contributed by atoms with E-state index in [1.807, 2.05) is 14.1 Å². The van der Waals surface area contributed by atoms with E-state index in [2.05, 4.69) is 22.1 Å². The minimum atomic E-state index is 0.417. The minimum absolute atomic E-state index is 0.417. The predicted molar refractivity (Wildman–Crippen MR) is 65.3 cm³/mol. The Morgan fingerprint density at radius 3 is 2.80 bits per heavy atom. The molecule has 0 saturated carbocycles. The predicted octanol–water partition coefficient (Wildman–Crippen LogP) is 1.68. The smallest absolute Gasteiger partial charge is 0.144 e. The Balaban J connectivity index is 2.58. The molecule has 1 heterocycles. The van der Waals surface area contributed by atoms with E-state index in [1.54, 1.807) is 12.3 Å². The van der Waals surface area contributed by atoms with Crippen molar-refractivity contribution in [2.75, 3.05) is 31.7 Å². The Hall–Kier alpha value is -1.00. The molecule has 1 rings (SSSR count). The summed E-state index contributed by atoms with van der Waals surface area (Å²) in [5.74, 6) is 0.680.